The fourth-order valence-electron chi connectivity index (χ4n) is 2.29. The molecule has 0 heterocycles. The van der Waals surface area contributed by atoms with E-state index in [0.717, 1.165) is 16.9 Å². The van der Waals surface area contributed by atoms with Gasteiger partial charge in [0.1, 0.15) is 5.75 Å². The van der Waals surface area contributed by atoms with Crippen molar-refractivity contribution < 1.29 is 14.9 Å². The highest BCUT2D eigenvalue weighted by molar-refractivity contribution is 5.29. The van der Waals surface area contributed by atoms with E-state index in [0.29, 0.717) is 19.5 Å². The van der Waals surface area contributed by atoms with Gasteiger partial charge < -0.3 is 20.3 Å². The van der Waals surface area contributed by atoms with Crippen LogP contribution in [-0.2, 0) is 0 Å². The van der Waals surface area contributed by atoms with Crippen molar-refractivity contribution in [1.29, 1.82) is 0 Å². The summed E-state index contributed by atoms with van der Waals surface area (Å²) >= 11 is 0. The third-order valence-corrected chi connectivity index (χ3v) is 3.60. The number of hydrogen-bond acceptors (Lipinski definition) is 4. The van der Waals surface area contributed by atoms with E-state index in [9.17, 15) is 10.2 Å². The van der Waals surface area contributed by atoms with Gasteiger partial charge in [-0.25, -0.2) is 0 Å². The molecule has 2 unspecified atom stereocenters. The molecule has 0 amide bonds. The summed E-state index contributed by atoms with van der Waals surface area (Å²) in [5.41, 5.74) is 1.73. The summed E-state index contributed by atoms with van der Waals surface area (Å²) in [6.07, 6.45) is -0.499. The summed E-state index contributed by atoms with van der Waals surface area (Å²) < 4.78 is 5.15. The van der Waals surface area contributed by atoms with E-state index in [2.05, 4.69) is 5.32 Å². The van der Waals surface area contributed by atoms with Crippen LogP contribution in [0.3, 0.4) is 0 Å². The molecule has 3 N–H and O–H groups in total. The van der Waals surface area contributed by atoms with Crippen LogP contribution in [0.2, 0.25) is 0 Å². The minimum absolute atomic E-state index is 0.467. The zero-order chi connectivity index (χ0) is 15.8. The molecular formula is C18H23NO3. The molecule has 2 aromatic rings. The van der Waals surface area contributed by atoms with Crippen LogP contribution in [0.25, 0.3) is 0 Å². The van der Waals surface area contributed by atoms with Crippen LogP contribution in [0, 0.1) is 0 Å². The average Bonchev–Trinajstić information content (AvgIpc) is 2.59. The van der Waals surface area contributed by atoms with E-state index in [1.165, 1.54) is 0 Å². The van der Waals surface area contributed by atoms with E-state index in [1.807, 2.05) is 54.6 Å². The molecule has 2 atom stereocenters. The molecule has 0 spiro atoms. The van der Waals surface area contributed by atoms with Crippen molar-refractivity contribution in [3.05, 3.63) is 65.7 Å². The Hall–Kier alpha value is -1.88. The minimum atomic E-state index is -0.545. The lowest BCUT2D eigenvalue weighted by Gasteiger charge is -2.15. The fourth-order valence-corrected chi connectivity index (χ4v) is 2.29. The number of methoxy groups -OCH3 is 1. The predicted molar refractivity (Wildman–Crippen MR) is 86.8 cm³/mol. The van der Waals surface area contributed by atoms with Crippen LogP contribution in [0.5, 0.6) is 5.75 Å². The van der Waals surface area contributed by atoms with Crippen molar-refractivity contribution in [2.45, 2.75) is 18.6 Å². The Morgan fingerprint density at radius 2 is 1.68 bits per heavy atom. The Bertz CT molecular complexity index is 559. The summed E-state index contributed by atoms with van der Waals surface area (Å²) in [4.78, 5) is 0. The second-order valence-corrected chi connectivity index (χ2v) is 5.21. The molecule has 2 aromatic carbocycles. The second kappa shape index (κ2) is 8.54. The van der Waals surface area contributed by atoms with Gasteiger partial charge in [0.15, 0.2) is 0 Å². The fraction of sp³-hybridized carbons (Fsp3) is 0.333. The van der Waals surface area contributed by atoms with E-state index in [4.69, 9.17) is 4.74 Å². The predicted octanol–water partition coefficient (Wildman–Crippen LogP) is 2.44. The minimum Gasteiger partial charge on any atom is -0.497 e. The summed E-state index contributed by atoms with van der Waals surface area (Å²) in [7, 11) is 1.61. The molecule has 0 radical (unpaired) electrons. The largest absolute Gasteiger partial charge is 0.497 e. The summed E-state index contributed by atoms with van der Waals surface area (Å²) in [6.45, 7) is 1.09. The molecule has 0 fully saturated rings. The quantitative estimate of drug-likeness (QED) is 0.655. The third-order valence-electron chi connectivity index (χ3n) is 3.60. The Balaban J connectivity index is 1.74. The zero-order valence-corrected chi connectivity index (χ0v) is 12.8. The Labute approximate surface area is 131 Å². The molecule has 2 rings (SSSR count). The molecule has 0 aromatic heterocycles. The molecule has 118 valence electrons. The van der Waals surface area contributed by atoms with Crippen LogP contribution in [-0.4, -0.2) is 30.4 Å². The normalized spacial score (nSPS) is 13.6. The van der Waals surface area contributed by atoms with Gasteiger partial charge in [-0.05, 0) is 36.2 Å². The Morgan fingerprint density at radius 3 is 2.41 bits per heavy atom. The molecule has 4 heteroatoms. The lowest BCUT2D eigenvalue weighted by Crippen LogP contribution is -2.23. The van der Waals surface area contributed by atoms with Gasteiger partial charge in [-0.2, -0.15) is 0 Å². The first-order valence-electron chi connectivity index (χ1n) is 7.46. The van der Waals surface area contributed by atoms with E-state index in [1.54, 1.807) is 7.11 Å². The van der Waals surface area contributed by atoms with Crippen LogP contribution in [0.15, 0.2) is 54.6 Å². The third kappa shape index (κ3) is 4.84. The van der Waals surface area contributed by atoms with Crippen molar-refractivity contribution in [3.8, 4) is 5.75 Å². The van der Waals surface area contributed by atoms with E-state index < -0.39 is 12.2 Å². The molecule has 0 aliphatic rings. The van der Waals surface area contributed by atoms with Gasteiger partial charge in [0.05, 0.1) is 19.3 Å². The topological polar surface area (TPSA) is 61.7 Å². The van der Waals surface area contributed by atoms with Gasteiger partial charge in [0.25, 0.3) is 0 Å². The molecule has 0 bridgehead atoms. The standard InChI is InChI=1S/C18H23NO3/c1-22-16-9-5-8-15(12-16)17(20)10-11-19-13-18(21)14-6-3-2-4-7-14/h2-9,12,17-21H,10-11,13H2,1H3. The van der Waals surface area contributed by atoms with Crippen LogP contribution >= 0.6 is 0 Å². The van der Waals surface area contributed by atoms with Crippen molar-refractivity contribution in [1.82, 2.24) is 5.32 Å². The first-order chi connectivity index (χ1) is 10.7. The number of aliphatic hydroxyl groups excluding tert-OH is 2. The van der Waals surface area contributed by atoms with E-state index >= 15 is 0 Å². The number of hydrogen-bond donors (Lipinski definition) is 3. The molecular weight excluding hydrogens is 278 g/mol. The number of ether oxygens (including phenoxy) is 1. The maximum atomic E-state index is 10.2. The Morgan fingerprint density at radius 1 is 0.955 bits per heavy atom. The van der Waals surface area contributed by atoms with Crippen molar-refractivity contribution in [2.75, 3.05) is 20.2 Å². The number of nitrogens with one attached hydrogen (secondary N) is 1. The van der Waals surface area contributed by atoms with Gasteiger partial charge in [-0.3, -0.25) is 0 Å². The van der Waals surface area contributed by atoms with Crippen molar-refractivity contribution in [2.24, 2.45) is 0 Å². The Kier molecular flexibility index (Phi) is 6.40. The molecule has 0 aliphatic heterocycles. The van der Waals surface area contributed by atoms with Gasteiger partial charge >= 0.3 is 0 Å². The van der Waals surface area contributed by atoms with Gasteiger partial charge in [0, 0.05) is 6.54 Å². The maximum absolute atomic E-state index is 10.2. The number of benzene rings is 2. The lowest BCUT2D eigenvalue weighted by atomic mass is 10.1. The zero-order valence-electron chi connectivity index (χ0n) is 12.8. The maximum Gasteiger partial charge on any atom is 0.119 e. The van der Waals surface area contributed by atoms with Crippen LogP contribution in [0.1, 0.15) is 29.8 Å². The average molecular weight is 301 g/mol. The highest BCUT2D eigenvalue weighted by Gasteiger charge is 2.09. The summed E-state index contributed by atoms with van der Waals surface area (Å²) in [5, 5.41) is 23.4. The highest BCUT2D eigenvalue weighted by Crippen LogP contribution is 2.21. The number of aliphatic hydroxyl groups is 2. The number of rotatable bonds is 8. The first-order valence-corrected chi connectivity index (χ1v) is 7.46. The molecule has 4 nitrogen and oxygen atoms in total. The van der Waals surface area contributed by atoms with E-state index in [-0.39, 0.29) is 0 Å². The second-order valence-electron chi connectivity index (χ2n) is 5.21. The summed E-state index contributed by atoms with van der Waals surface area (Å²) in [6, 6.07) is 17.0. The molecule has 0 aliphatic carbocycles. The summed E-state index contributed by atoms with van der Waals surface area (Å²) in [5.74, 6) is 0.740. The SMILES string of the molecule is COc1cccc(C(O)CCNCC(O)c2ccccc2)c1. The first kappa shape index (κ1) is 16.5. The van der Waals surface area contributed by atoms with Crippen LogP contribution < -0.4 is 10.1 Å². The lowest BCUT2D eigenvalue weighted by molar-refractivity contribution is 0.154. The monoisotopic (exact) mass is 301 g/mol. The smallest absolute Gasteiger partial charge is 0.119 e. The van der Waals surface area contributed by atoms with Crippen LogP contribution in [0.4, 0.5) is 0 Å². The van der Waals surface area contributed by atoms with Crippen molar-refractivity contribution >= 4 is 0 Å². The molecule has 0 saturated carbocycles. The van der Waals surface area contributed by atoms with Gasteiger partial charge in [-0.1, -0.05) is 42.5 Å². The van der Waals surface area contributed by atoms with Crippen molar-refractivity contribution in [3.63, 3.8) is 0 Å². The highest BCUT2D eigenvalue weighted by atomic mass is 16.5. The molecule has 22 heavy (non-hydrogen) atoms. The van der Waals surface area contributed by atoms with Gasteiger partial charge in [-0.15, -0.1) is 0 Å². The molecule has 0 saturated heterocycles. The van der Waals surface area contributed by atoms with Gasteiger partial charge in [0.2, 0.25) is 0 Å².